The van der Waals surface area contributed by atoms with Crippen LogP contribution in [0.4, 0.5) is 5.69 Å². The minimum atomic E-state index is -0.293. The van der Waals surface area contributed by atoms with Crippen LogP contribution < -0.4 is 10.9 Å². The molecular weight excluding hydrogens is 318 g/mol. The van der Waals surface area contributed by atoms with Gasteiger partial charge in [0.2, 0.25) is 5.91 Å². The van der Waals surface area contributed by atoms with Gasteiger partial charge in [-0.15, -0.1) is 0 Å². The molecule has 0 aliphatic rings. The molecule has 0 fully saturated rings. The van der Waals surface area contributed by atoms with Crippen LogP contribution in [0.2, 0.25) is 0 Å². The number of aromatic nitrogens is 4. The summed E-state index contributed by atoms with van der Waals surface area (Å²) in [4.78, 5) is 29.1. The molecule has 0 saturated heterocycles. The first-order valence-corrected chi connectivity index (χ1v) is 7.79. The zero-order valence-corrected chi connectivity index (χ0v) is 13.5. The molecule has 2 N–H and O–H groups in total. The van der Waals surface area contributed by atoms with E-state index in [1.807, 2.05) is 31.2 Å². The summed E-state index contributed by atoms with van der Waals surface area (Å²) in [7, 11) is 0. The van der Waals surface area contributed by atoms with Crippen molar-refractivity contribution >= 4 is 33.4 Å². The molecule has 0 bridgehead atoms. The smallest absolute Gasteiger partial charge is 0.261 e. The molecule has 124 valence electrons. The second-order valence-electron chi connectivity index (χ2n) is 5.87. The van der Waals surface area contributed by atoms with Gasteiger partial charge < -0.3 is 5.32 Å². The van der Waals surface area contributed by atoms with Crippen molar-refractivity contribution in [3.63, 3.8) is 0 Å². The summed E-state index contributed by atoms with van der Waals surface area (Å²) >= 11 is 0. The van der Waals surface area contributed by atoms with Crippen LogP contribution in [-0.2, 0) is 11.3 Å². The number of para-hydroxylation sites is 1. The monoisotopic (exact) mass is 333 g/mol. The van der Waals surface area contributed by atoms with E-state index in [1.165, 1.54) is 10.9 Å². The molecule has 2 aromatic carbocycles. The number of amides is 1. The molecule has 0 aliphatic heterocycles. The Morgan fingerprint density at radius 3 is 3.04 bits per heavy atom. The number of H-pyrrole nitrogens is 1. The van der Waals surface area contributed by atoms with Crippen molar-refractivity contribution in [2.45, 2.75) is 13.5 Å². The van der Waals surface area contributed by atoms with Gasteiger partial charge in [-0.2, -0.15) is 5.10 Å². The van der Waals surface area contributed by atoms with Crippen molar-refractivity contribution in [1.82, 2.24) is 19.7 Å². The molecule has 0 unspecified atom stereocenters. The van der Waals surface area contributed by atoms with Crippen LogP contribution in [0.5, 0.6) is 0 Å². The van der Waals surface area contributed by atoms with Gasteiger partial charge in [-0.1, -0.05) is 12.1 Å². The second-order valence-corrected chi connectivity index (χ2v) is 5.87. The Morgan fingerprint density at radius 1 is 1.28 bits per heavy atom. The van der Waals surface area contributed by atoms with E-state index in [2.05, 4.69) is 20.5 Å². The third kappa shape index (κ3) is 2.76. The quantitative estimate of drug-likeness (QED) is 0.601. The van der Waals surface area contributed by atoms with Gasteiger partial charge in [0.25, 0.3) is 5.56 Å². The maximum absolute atomic E-state index is 12.5. The van der Waals surface area contributed by atoms with Crippen LogP contribution in [0.3, 0.4) is 0 Å². The number of nitrogens with zero attached hydrogens (tertiary/aromatic N) is 3. The number of aromatic amines is 1. The minimum Gasteiger partial charge on any atom is -0.325 e. The minimum absolute atomic E-state index is 0.0981. The maximum atomic E-state index is 12.5. The molecule has 0 saturated carbocycles. The van der Waals surface area contributed by atoms with Gasteiger partial charge in [0, 0.05) is 11.1 Å². The topological polar surface area (TPSA) is 92.7 Å². The molecule has 0 radical (unpaired) electrons. The SMILES string of the molecule is Cc1cccc2c(=O)n(CC(=O)Nc3ccc4[nH]ncc4c3)cnc12. The molecule has 7 heteroatoms. The first-order valence-electron chi connectivity index (χ1n) is 7.79. The summed E-state index contributed by atoms with van der Waals surface area (Å²) in [5.41, 5.74) is 2.91. The lowest BCUT2D eigenvalue weighted by Crippen LogP contribution is -2.28. The van der Waals surface area contributed by atoms with E-state index in [4.69, 9.17) is 0 Å². The zero-order valence-electron chi connectivity index (χ0n) is 13.5. The van der Waals surface area contributed by atoms with Gasteiger partial charge in [-0.25, -0.2) is 4.98 Å². The molecule has 1 amide bonds. The van der Waals surface area contributed by atoms with Crippen LogP contribution in [0.15, 0.2) is 53.7 Å². The average Bonchev–Trinajstić information content (AvgIpc) is 3.06. The molecule has 0 spiro atoms. The first kappa shape index (κ1) is 15.1. The van der Waals surface area contributed by atoms with Gasteiger partial charge in [0.05, 0.1) is 28.9 Å². The predicted octanol–water partition coefficient (Wildman–Crippen LogP) is 2.22. The van der Waals surface area contributed by atoms with E-state index in [-0.39, 0.29) is 18.0 Å². The van der Waals surface area contributed by atoms with Crippen molar-refractivity contribution in [3.8, 4) is 0 Å². The molecule has 7 nitrogen and oxygen atoms in total. The van der Waals surface area contributed by atoms with Gasteiger partial charge in [0.15, 0.2) is 0 Å². The highest BCUT2D eigenvalue weighted by molar-refractivity contribution is 5.93. The Kier molecular flexibility index (Phi) is 3.53. The first-order chi connectivity index (χ1) is 12.1. The number of carbonyl (C=O) groups is 1. The van der Waals surface area contributed by atoms with E-state index >= 15 is 0 Å². The molecule has 4 rings (SSSR count). The van der Waals surface area contributed by atoms with Crippen molar-refractivity contribution in [3.05, 3.63) is 64.8 Å². The number of carbonyl (C=O) groups excluding carboxylic acids is 1. The fraction of sp³-hybridized carbons (Fsp3) is 0.111. The van der Waals surface area contributed by atoms with Crippen LogP contribution in [-0.4, -0.2) is 25.7 Å². The fourth-order valence-electron chi connectivity index (χ4n) is 2.83. The number of aryl methyl sites for hydroxylation is 1. The Balaban J connectivity index is 1.59. The largest absolute Gasteiger partial charge is 0.325 e. The van der Waals surface area contributed by atoms with Crippen molar-refractivity contribution < 1.29 is 4.79 Å². The number of nitrogens with one attached hydrogen (secondary N) is 2. The number of hydrogen-bond donors (Lipinski definition) is 2. The number of hydrogen-bond acceptors (Lipinski definition) is 4. The van der Waals surface area contributed by atoms with Gasteiger partial charge in [-0.05, 0) is 36.8 Å². The van der Waals surface area contributed by atoms with Crippen LogP contribution in [0.1, 0.15) is 5.56 Å². The van der Waals surface area contributed by atoms with Crippen LogP contribution in [0.25, 0.3) is 21.8 Å². The number of anilines is 1. The highest BCUT2D eigenvalue weighted by Gasteiger charge is 2.10. The Morgan fingerprint density at radius 2 is 2.16 bits per heavy atom. The number of benzene rings is 2. The summed E-state index contributed by atoms with van der Waals surface area (Å²) in [6.45, 7) is 1.80. The van der Waals surface area contributed by atoms with E-state index in [0.29, 0.717) is 16.6 Å². The molecule has 25 heavy (non-hydrogen) atoms. The summed E-state index contributed by atoms with van der Waals surface area (Å²) in [5.74, 6) is -0.293. The average molecular weight is 333 g/mol. The molecule has 0 atom stereocenters. The normalized spacial score (nSPS) is 11.1. The lowest BCUT2D eigenvalue weighted by molar-refractivity contribution is -0.116. The van der Waals surface area contributed by atoms with Crippen molar-refractivity contribution in [2.75, 3.05) is 5.32 Å². The Labute approximate surface area is 142 Å². The second kappa shape index (κ2) is 5.86. The summed E-state index contributed by atoms with van der Waals surface area (Å²) in [5, 5.41) is 11.0. The molecule has 0 aliphatic carbocycles. The Bertz CT molecular complexity index is 1160. The summed E-state index contributed by atoms with van der Waals surface area (Å²) in [6.07, 6.45) is 3.10. The van der Waals surface area contributed by atoms with Crippen molar-refractivity contribution in [2.24, 2.45) is 0 Å². The third-order valence-corrected chi connectivity index (χ3v) is 4.09. The van der Waals surface area contributed by atoms with Crippen LogP contribution >= 0.6 is 0 Å². The summed E-state index contributed by atoms with van der Waals surface area (Å²) in [6, 6.07) is 10.9. The van der Waals surface area contributed by atoms with Gasteiger partial charge >= 0.3 is 0 Å². The zero-order chi connectivity index (χ0) is 17.4. The predicted molar refractivity (Wildman–Crippen MR) is 95.5 cm³/mol. The van der Waals surface area contributed by atoms with E-state index in [9.17, 15) is 9.59 Å². The van der Waals surface area contributed by atoms with Crippen molar-refractivity contribution in [1.29, 1.82) is 0 Å². The third-order valence-electron chi connectivity index (χ3n) is 4.09. The highest BCUT2D eigenvalue weighted by Crippen LogP contribution is 2.16. The molecule has 4 aromatic rings. The molecule has 2 aromatic heterocycles. The van der Waals surface area contributed by atoms with Crippen LogP contribution in [0, 0.1) is 6.92 Å². The van der Waals surface area contributed by atoms with E-state index in [0.717, 1.165) is 16.5 Å². The number of rotatable bonds is 3. The summed E-state index contributed by atoms with van der Waals surface area (Å²) < 4.78 is 1.31. The lowest BCUT2D eigenvalue weighted by atomic mass is 10.1. The standard InChI is InChI=1S/C18H15N5O2/c1-11-3-2-4-14-17(11)19-10-23(18(14)25)9-16(24)21-13-5-6-15-12(7-13)8-20-22-15/h2-8,10H,9H2,1H3,(H,20,22)(H,21,24). The Hall–Kier alpha value is -3.48. The van der Waals surface area contributed by atoms with E-state index in [1.54, 1.807) is 18.3 Å². The molecule has 2 heterocycles. The number of fused-ring (bicyclic) bond motifs is 2. The van der Waals surface area contributed by atoms with E-state index < -0.39 is 0 Å². The lowest BCUT2D eigenvalue weighted by Gasteiger charge is -2.09. The fourth-order valence-corrected chi connectivity index (χ4v) is 2.83. The highest BCUT2D eigenvalue weighted by atomic mass is 16.2. The maximum Gasteiger partial charge on any atom is 0.261 e. The van der Waals surface area contributed by atoms with Gasteiger partial charge in [0.1, 0.15) is 6.54 Å². The van der Waals surface area contributed by atoms with Gasteiger partial charge in [-0.3, -0.25) is 19.3 Å². The molecular formula is C18H15N5O2.